The minimum atomic E-state index is -0.739. The van der Waals surface area contributed by atoms with Crippen molar-refractivity contribution in [3.05, 3.63) is 0 Å². The lowest BCUT2D eigenvalue weighted by molar-refractivity contribution is -0.144. The van der Waals surface area contributed by atoms with Gasteiger partial charge in [0.05, 0.1) is 24.7 Å². The summed E-state index contributed by atoms with van der Waals surface area (Å²) in [5.74, 6) is -1.72. The molecule has 2 unspecified atom stereocenters. The van der Waals surface area contributed by atoms with Gasteiger partial charge in [-0.1, -0.05) is 21.6 Å². The molecule has 0 saturated carbocycles. The van der Waals surface area contributed by atoms with Crippen LogP contribution in [-0.2, 0) is 28.7 Å². The van der Waals surface area contributed by atoms with Crippen LogP contribution in [-0.4, -0.2) is 60.6 Å². The number of carbonyl (C=O) groups excluding carboxylic acids is 4. The van der Waals surface area contributed by atoms with Gasteiger partial charge >= 0.3 is 11.9 Å². The quantitative estimate of drug-likeness (QED) is 0.439. The van der Waals surface area contributed by atoms with Gasteiger partial charge in [0, 0.05) is 0 Å². The van der Waals surface area contributed by atoms with Crippen LogP contribution >= 0.6 is 21.6 Å². The van der Waals surface area contributed by atoms with Crippen LogP contribution in [0.25, 0.3) is 0 Å². The number of hydrogen-bond acceptors (Lipinski definition) is 8. The molecule has 0 bridgehead atoms. The van der Waals surface area contributed by atoms with Gasteiger partial charge in [-0.3, -0.25) is 9.59 Å². The van der Waals surface area contributed by atoms with E-state index in [-0.39, 0.29) is 11.8 Å². The Bertz CT molecular complexity index is 432. The van der Waals surface area contributed by atoms with E-state index in [1.54, 1.807) is 13.8 Å². The zero-order valence-corrected chi connectivity index (χ0v) is 16.2. The molecule has 0 aliphatic heterocycles. The van der Waals surface area contributed by atoms with Crippen molar-refractivity contribution in [2.75, 3.05) is 14.2 Å². The molecule has 0 saturated heterocycles. The SMILES string of the molecule is COC(=O)[C@H](C)NC(=O)C(C)SSC(C)C(=O)N[C@@H](C)C(=O)OC. The van der Waals surface area contributed by atoms with Gasteiger partial charge in [0.15, 0.2) is 0 Å². The maximum atomic E-state index is 11.9. The molecule has 0 spiro atoms. The number of rotatable bonds is 9. The van der Waals surface area contributed by atoms with Crippen molar-refractivity contribution in [1.29, 1.82) is 0 Å². The topological polar surface area (TPSA) is 111 Å². The van der Waals surface area contributed by atoms with E-state index in [2.05, 4.69) is 20.1 Å². The fourth-order valence-corrected chi connectivity index (χ4v) is 3.56. The first kappa shape index (κ1) is 22.6. The maximum absolute atomic E-state index is 11.9. The first-order valence-electron chi connectivity index (χ1n) is 7.22. The molecule has 2 amide bonds. The first-order valence-corrected chi connectivity index (χ1v) is 9.50. The van der Waals surface area contributed by atoms with Gasteiger partial charge in [0.2, 0.25) is 11.8 Å². The zero-order chi connectivity index (χ0) is 18.9. The number of hydrogen-bond donors (Lipinski definition) is 2. The predicted molar refractivity (Wildman–Crippen MR) is 93.3 cm³/mol. The van der Waals surface area contributed by atoms with Crippen molar-refractivity contribution < 1.29 is 28.7 Å². The normalized spacial score (nSPS) is 15.4. The summed E-state index contributed by atoms with van der Waals surface area (Å²) in [7, 11) is 4.89. The molecule has 138 valence electrons. The van der Waals surface area contributed by atoms with E-state index in [9.17, 15) is 19.2 Å². The lowest BCUT2D eigenvalue weighted by Crippen LogP contribution is -2.43. The van der Waals surface area contributed by atoms with E-state index in [4.69, 9.17) is 0 Å². The first-order chi connectivity index (χ1) is 11.1. The molecule has 2 N–H and O–H groups in total. The Morgan fingerprint density at radius 1 is 0.708 bits per heavy atom. The van der Waals surface area contributed by atoms with E-state index in [0.29, 0.717) is 0 Å². The minimum Gasteiger partial charge on any atom is -0.467 e. The van der Waals surface area contributed by atoms with Gasteiger partial charge in [-0.15, -0.1) is 0 Å². The summed E-state index contributed by atoms with van der Waals surface area (Å²) >= 11 is 0. The van der Waals surface area contributed by atoms with Crippen molar-refractivity contribution in [1.82, 2.24) is 10.6 Å². The largest absolute Gasteiger partial charge is 0.467 e. The maximum Gasteiger partial charge on any atom is 0.328 e. The Labute approximate surface area is 149 Å². The van der Waals surface area contributed by atoms with E-state index < -0.39 is 34.5 Å². The lowest BCUT2D eigenvalue weighted by Gasteiger charge is -2.18. The number of ether oxygens (including phenoxy) is 2. The van der Waals surface area contributed by atoms with E-state index >= 15 is 0 Å². The van der Waals surface area contributed by atoms with Gasteiger partial charge in [-0.25, -0.2) is 9.59 Å². The molecule has 8 nitrogen and oxygen atoms in total. The molecule has 0 aliphatic carbocycles. The lowest BCUT2D eigenvalue weighted by atomic mass is 10.3. The number of methoxy groups -OCH3 is 2. The average molecular weight is 380 g/mol. The predicted octanol–water partition coefficient (Wildman–Crippen LogP) is 0.500. The van der Waals surface area contributed by atoms with Crippen LogP contribution in [0.4, 0.5) is 0 Å². The molecule has 0 radical (unpaired) electrons. The van der Waals surface area contributed by atoms with Crippen LogP contribution in [0.2, 0.25) is 0 Å². The van der Waals surface area contributed by atoms with Crippen molar-refractivity contribution in [3.63, 3.8) is 0 Å². The highest BCUT2D eigenvalue weighted by atomic mass is 33.1. The van der Waals surface area contributed by atoms with Crippen LogP contribution in [0.5, 0.6) is 0 Å². The van der Waals surface area contributed by atoms with Gasteiger partial charge < -0.3 is 20.1 Å². The van der Waals surface area contributed by atoms with Crippen LogP contribution in [0.1, 0.15) is 27.7 Å². The molecule has 0 fully saturated rings. The molecule has 24 heavy (non-hydrogen) atoms. The number of nitrogens with one attached hydrogen (secondary N) is 2. The van der Waals surface area contributed by atoms with Crippen LogP contribution in [0.15, 0.2) is 0 Å². The Morgan fingerprint density at radius 3 is 1.25 bits per heavy atom. The number of amides is 2. The summed E-state index contributed by atoms with van der Waals surface area (Å²) in [6.45, 7) is 6.38. The van der Waals surface area contributed by atoms with Crippen LogP contribution in [0, 0.1) is 0 Å². The third-order valence-electron chi connectivity index (χ3n) is 2.91. The van der Waals surface area contributed by atoms with Crippen molar-refractivity contribution >= 4 is 45.3 Å². The van der Waals surface area contributed by atoms with Crippen molar-refractivity contribution in [2.45, 2.75) is 50.3 Å². The smallest absolute Gasteiger partial charge is 0.328 e. The number of esters is 2. The summed E-state index contributed by atoms with van der Waals surface area (Å²) in [6, 6.07) is -1.48. The van der Waals surface area contributed by atoms with Gasteiger partial charge in [-0.2, -0.15) is 0 Å². The summed E-state index contributed by atoms with van der Waals surface area (Å²) in [6.07, 6.45) is 0. The van der Waals surface area contributed by atoms with E-state index in [1.165, 1.54) is 49.7 Å². The second kappa shape index (κ2) is 11.2. The summed E-state index contributed by atoms with van der Waals surface area (Å²) in [5.41, 5.74) is 0. The molecule has 0 heterocycles. The molecule has 10 heteroatoms. The van der Waals surface area contributed by atoms with Crippen molar-refractivity contribution in [3.8, 4) is 0 Å². The van der Waals surface area contributed by atoms with E-state index in [1.807, 2.05) is 0 Å². The Kier molecular flexibility index (Phi) is 10.5. The summed E-state index contributed by atoms with van der Waals surface area (Å²) in [4.78, 5) is 46.4. The van der Waals surface area contributed by atoms with Gasteiger partial charge in [0.25, 0.3) is 0 Å². The molecule has 0 aromatic carbocycles. The second-order valence-corrected chi connectivity index (χ2v) is 7.94. The van der Waals surface area contributed by atoms with Crippen LogP contribution in [0.3, 0.4) is 0 Å². The molecule has 0 aliphatic rings. The third-order valence-corrected chi connectivity index (χ3v) is 6.09. The number of carbonyl (C=O) groups is 4. The Morgan fingerprint density at radius 2 is 1.00 bits per heavy atom. The van der Waals surface area contributed by atoms with Gasteiger partial charge in [-0.05, 0) is 27.7 Å². The molecule has 0 aromatic rings. The fourth-order valence-electron chi connectivity index (χ4n) is 1.39. The monoisotopic (exact) mass is 380 g/mol. The molecular formula is C14H24N2O6S2. The third kappa shape index (κ3) is 7.91. The fraction of sp³-hybridized carbons (Fsp3) is 0.714. The Balaban J connectivity index is 4.31. The Hall–Kier alpha value is -1.42. The summed E-state index contributed by atoms with van der Waals surface area (Å²) < 4.78 is 9.06. The molecule has 0 aromatic heterocycles. The average Bonchev–Trinajstić information content (AvgIpc) is 2.56. The minimum absolute atomic E-state index is 0.332. The van der Waals surface area contributed by atoms with Crippen LogP contribution < -0.4 is 10.6 Å². The molecule has 4 atom stereocenters. The van der Waals surface area contributed by atoms with Gasteiger partial charge in [0.1, 0.15) is 12.1 Å². The molecule has 0 rings (SSSR count). The summed E-state index contributed by atoms with van der Waals surface area (Å²) in [5, 5.41) is 4.10. The van der Waals surface area contributed by atoms with E-state index in [0.717, 1.165) is 0 Å². The zero-order valence-electron chi connectivity index (χ0n) is 14.6. The highest BCUT2D eigenvalue weighted by Gasteiger charge is 2.24. The van der Waals surface area contributed by atoms with Crippen molar-refractivity contribution in [2.24, 2.45) is 0 Å². The highest BCUT2D eigenvalue weighted by molar-refractivity contribution is 8.77. The standard InChI is InChI=1S/C14H24N2O6S2/c1-7(13(19)21-5)15-11(17)9(3)23-24-10(4)12(18)16-8(2)14(20)22-6/h7-10H,1-6H3,(H,15,17)(H,16,18)/t7-,8-,9?,10?/m0/s1. The molecular weight excluding hydrogens is 356 g/mol. The second-order valence-electron chi connectivity index (χ2n) is 4.98. The highest BCUT2D eigenvalue weighted by Crippen LogP contribution is 2.31.